The number of ketones is 1. The summed E-state index contributed by atoms with van der Waals surface area (Å²) in [5.41, 5.74) is -3.07. The van der Waals surface area contributed by atoms with Crippen LogP contribution in [0.2, 0.25) is 0 Å². The summed E-state index contributed by atoms with van der Waals surface area (Å²) in [7, 11) is 2.49. The molecule has 18 atom stereocenters. The number of aliphatic hydroxyl groups excluding tert-OH is 2. The van der Waals surface area contributed by atoms with Crippen molar-refractivity contribution >= 4 is 45.2 Å². The summed E-state index contributed by atoms with van der Waals surface area (Å²) in [6.45, 7) is 28.2. The van der Waals surface area contributed by atoms with Crippen molar-refractivity contribution in [1.82, 2.24) is 4.90 Å². The molecule has 18 unspecified atom stereocenters. The fourth-order valence-electron chi connectivity index (χ4n) is 14.4. The third-order valence-corrected chi connectivity index (χ3v) is 21.0. The number of Topliss-reactive ketones (excluding diaryl/α,β-unsaturated/α-hetero) is 1. The van der Waals surface area contributed by atoms with Crippen molar-refractivity contribution in [2.24, 2.45) is 23.7 Å². The molecule has 4 aliphatic rings. The first-order valence-electron chi connectivity index (χ1n) is 37.0. The van der Waals surface area contributed by atoms with Gasteiger partial charge in [0.15, 0.2) is 24.3 Å². The molecule has 0 bridgehead atoms. The summed E-state index contributed by atoms with van der Waals surface area (Å²) in [5, 5.41) is 67.8. The van der Waals surface area contributed by atoms with Crippen LogP contribution in [0.4, 0.5) is 0 Å². The van der Waals surface area contributed by atoms with Crippen LogP contribution < -0.4 is 15.1 Å². The molecule has 0 spiro atoms. The third kappa shape index (κ3) is 23.5. The van der Waals surface area contributed by atoms with Gasteiger partial charge in [0.1, 0.15) is 63.1 Å². The van der Waals surface area contributed by atoms with E-state index in [9.17, 15) is 58.2 Å². The number of hydrogen-bond acceptors (Lipinski definition) is 24. The maximum Gasteiger partial charge on any atom is 0.397 e. The Morgan fingerprint density at radius 3 is 1.94 bits per heavy atom. The van der Waals surface area contributed by atoms with Gasteiger partial charge in [-0.05, 0) is 145 Å². The van der Waals surface area contributed by atoms with Crippen LogP contribution in [0.15, 0.2) is 51.2 Å². The Hall–Kier alpha value is -5.59. The Bertz CT molecular complexity index is 3510. The Morgan fingerprint density at radius 1 is 0.788 bits per heavy atom. The number of cyclic esters (lactones) is 1. The van der Waals surface area contributed by atoms with Gasteiger partial charge in [-0.15, -0.1) is 0 Å². The molecular formula is C78H123NO24S. The molecular weight excluding hydrogens is 1370 g/mol. The lowest BCUT2D eigenvalue weighted by Crippen LogP contribution is -2.61. The number of hydrogen-bond donors (Lipinski definition) is 7. The molecule has 3 aromatic rings. The van der Waals surface area contributed by atoms with E-state index in [-0.39, 0.29) is 67.1 Å². The first kappa shape index (κ1) is 89.0. The van der Waals surface area contributed by atoms with Crippen LogP contribution in [0.3, 0.4) is 0 Å². The smallest absolute Gasteiger partial charge is 0.397 e. The topological polar surface area (TPSA) is 353 Å². The molecule has 2 aromatic carbocycles. The fourth-order valence-corrected chi connectivity index (χ4v) is 14.7. The number of phenols is 1. The predicted molar refractivity (Wildman–Crippen MR) is 394 cm³/mol. The number of aliphatic hydroxyl groups is 4. The molecule has 104 heavy (non-hydrogen) atoms. The average molecular weight is 1490 g/mol. The van der Waals surface area contributed by atoms with Crippen LogP contribution in [0, 0.1) is 23.7 Å². The zero-order valence-corrected chi connectivity index (χ0v) is 66.0. The number of methoxy groups -OCH3 is 2. The van der Waals surface area contributed by atoms with Crippen molar-refractivity contribution in [3.05, 3.63) is 63.5 Å². The maximum atomic E-state index is 14.2. The standard InChI is InChI=1S/C40H71NO14.C26H26O6.C12H26O4S/c1-15-27-40(11,48)33(44)22(5)30(43)20(3)18-38(9,47)35(55-37-32(53-28(42)16-2)26(41(12)13)17-21(4)50-37)23(6)31(24(7)36(46)52-27)54-29-19-39(10,49-14)34(45)25(8)51-29;1-14(2)6-11-17-22-18(12-13-26(3,4)32-22)24-20(23(17)30-5)21(28)19(25(29)31-24)15-7-9-16(27)10-8-15;1-2-3-4-5-6-7-8-9-10-11-12-16-17(13,14)15/h20-27,29,31-35,37,44-45,47-48H,15-19H2,1-14H3;6-10,12-13,27-28H,11H2,1-5H3;2-12H2,1H3,(H,13,14,15). The van der Waals surface area contributed by atoms with Gasteiger partial charge >= 0.3 is 28.0 Å². The van der Waals surface area contributed by atoms with Gasteiger partial charge in [-0.1, -0.05) is 123 Å². The molecule has 26 heteroatoms. The summed E-state index contributed by atoms with van der Waals surface area (Å²) in [4.78, 5) is 55.8. The number of aromatic hydroxyl groups is 2. The molecule has 1 aromatic heterocycles. The minimum absolute atomic E-state index is 0.00458. The highest BCUT2D eigenvalue weighted by Crippen LogP contribution is 2.50. The summed E-state index contributed by atoms with van der Waals surface area (Å²) in [6, 6.07) is 5.67. The van der Waals surface area contributed by atoms with Crippen LogP contribution in [-0.4, -0.2) is 191 Å². The van der Waals surface area contributed by atoms with Gasteiger partial charge < -0.3 is 82.6 Å². The molecule has 3 saturated heterocycles. The fraction of sp³-hybridized carbons (Fsp3) is 0.718. The van der Waals surface area contributed by atoms with E-state index < -0.39 is 135 Å². The number of benzene rings is 2. The minimum atomic E-state index is -4.23. The second kappa shape index (κ2) is 39.0. The molecule has 0 saturated carbocycles. The Labute approximate surface area is 616 Å². The van der Waals surface area contributed by atoms with E-state index in [1.54, 1.807) is 60.6 Å². The monoisotopic (exact) mass is 1490 g/mol. The van der Waals surface area contributed by atoms with E-state index in [1.165, 1.54) is 92.1 Å². The van der Waals surface area contributed by atoms with Gasteiger partial charge in [0.05, 0.1) is 73.0 Å². The van der Waals surface area contributed by atoms with E-state index in [0.29, 0.717) is 47.3 Å². The molecule has 590 valence electrons. The van der Waals surface area contributed by atoms with E-state index in [4.69, 9.17) is 51.6 Å². The van der Waals surface area contributed by atoms with Crippen LogP contribution in [0.25, 0.3) is 28.2 Å². The molecule has 3 fully saturated rings. The van der Waals surface area contributed by atoms with E-state index in [1.807, 2.05) is 65.8 Å². The molecule has 0 amide bonds. The number of esters is 2. The summed E-state index contributed by atoms with van der Waals surface area (Å²) < 4.78 is 94.4. The minimum Gasteiger partial charge on any atom is -0.508 e. The van der Waals surface area contributed by atoms with Crippen LogP contribution >= 0.6 is 0 Å². The lowest BCUT2D eigenvalue weighted by molar-refractivity contribution is -0.319. The zero-order chi connectivity index (χ0) is 78.1. The highest BCUT2D eigenvalue weighted by molar-refractivity contribution is 7.80. The highest BCUT2D eigenvalue weighted by atomic mass is 32.3. The number of nitrogens with zero attached hydrogens (tertiary/aromatic N) is 1. The van der Waals surface area contributed by atoms with Gasteiger partial charge in [0.25, 0.3) is 0 Å². The summed E-state index contributed by atoms with van der Waals surface area (Å²) >= 11 is 0. The van der Waals surface area contributed by atoms with Gasteiger partial charge in [0, 0.05) is 43.3 Å². The number of likely N-dealkylation sites (N-methyl/N-ethyl adjacent to an activating group) is 1. The van der Waals surface area contributed by atoms with Gasteiger partial charge in [-0.25, -0.2) is 8.98 Å². The Kier molecular flexibility index (Phi) is 33.4. The predicted octanol–water partition coefficient (Wildman–Crippen LogP) is 12.0. The second-order valence-corrected chi connectivity index (χ2v) is 31.5. The van der Waals surface area contributed by atoms with Crippen molar-refractivity contribution in [3.63, 3.8) is 0 Å². The van der Waals surface area contributed by atoms with Gasteiger partial charge in [-0.2, -0.15) is 8.42 Å². The molecule has 25 nitrogen and oxygen atoms in total. The molecule has 7 rings (SSSR count). The van der Waals surface area contributed by atoms with Crippen molar-refractivity contribution in [1.29, 1.82) is 0 Å². The number of ether oxygens (including phenoxy) is 9. The first-order valence-corrected chi connectivity index (χ1v) is 38.3. The van der Waals surface area contributed by atoms with Crippen molar-refractivity contribution < 1.29 is 109 Å². The van der Waals surface area contributed by atoms with Crippen LogP contribution in [0.5, 0.6) is 23.0 Å². The molecule has 0 radical (unpaired) electrons. The van der Waals surface area contributed by atoms with E-state index in [2.05, 4.69) is 17.2 Å². The normalized spacial score (nSPS) is 31.0. The molecule has 5 heterocycles. The van der Waals surface area contributed by atoms with Crippen molar-refractivity contribution in [2.45, 2.75) is 303 Å². The average Bonchev–Trinajstić information content (AvgIpc) is 0.727. The first-order chi connectivity index (χ1) is 48.5. The summed E-state index contributed by atoms with van der Waals surface area (Å²) in [5.74, 6) is -4.81. The van der Waals surface area contributed by atoms with Crippen LogP contribution in [-0.2, 0) is 68.5 Å². The Balaban J connectivity index is 0.000000330. The SMILES string of the molecule is CCC(=O)OC1C(OC2C(C)C(OC3CC(C)(OC)C(O)C(C)O3)C(C)C(=O)OC(CC)C(C)(O)C(O)C(C)C(=O)C(C)CC2(C)O)OC(C)CC1N(C)C.CCCCCCCCCCCCOS(=O)(=O)O.COc1c(CC=C(C)C)c2c(c3oc(=O)c(-c4ccc(O)cc4)c(O)c13)C=CC(C)(C)O2. The van der Waals surface area contributed by atoms with Crippen LogP contribution in [0.1, 0.15) is 218 Å². The maximum absolute atomic E-state index is 14.2. The molecule has 4 aliphatic heterocycles. The molecule has 7 N–H and O–H groups in total. The molecule has 0 aliphatic carbocycles. The number of allylic oxidation sites excluding steroid dienone is 2. The van der Waals surface area contributed by atoms with Crippen molar-refractivity contribution in [2.75, 3.05) is 34.9 Å². The van der Waals surface area contributed by atoms with Gasteiger partial charge in [0.2, 0.25) is 0 Å². The number of carbonyl (C=O) groups is 3. The van der Waals surface area contributed by atoms with E-state index in [0.717, 1.165) is 24.0 Å². The third-order valence-electron chi connectivity index (χ3n) is 20.5. The zero-order valence-electron chi connectivity index (χ0n) is 65.1. The van der Waals surface area contributed by atoms with E-state index >= 15 is 0 Å². The highest BCUT2D eigenvalue weighted by Gasteiger charge is 2.54. The Morgan fingerprint density at radius 2 is 1.39 bits per heavy atom. The number of fused-ring (bicyclic) bond motifs is 3. The number of carbonyl (C=O) groups excluding carboxylic acids is 3. The lowest BCUT2D eigenvalue weighted by atomic mass is 9.74. The summed E-state index contributed by atoms with van der Waals surface area (Å²) in [6.07, 6.45) is 8.48. The number of unbranched alkanes of at least 4 members (excludes halogenated alkanes) is 9. The second-order valence-electron chi connectivity index (χ2n) is 30.4. The quantitative estimate of drug-likeness (QED) is 0.0136. The number of rotatable bonds is 25. The largest absolute Gasteiger partial charge is 0.508 e. The van der Waals surface area contributed by atoms with Crippen molar-refractivity contribution in [3.8, 4) is 34.1 Å². The van der Waals surface area contributed by atoms with Gasteiger partial charge in [-0.3, -0.25) is 18.9 Å². The lowest BCUT2D eigenvalue weighted by Gasteiger charge is -2.49. The number of phenolic OH excluding ortho intramolecular Hbond substituents is 1.